The molecule has 2 aromatic carbocycles. The molecule has 10 heteroatoms. The number of nitrogens with zero attached hydrogens (tertiary/aromatic N) is 1. The summed E-state index contributed by atoms with van der Waals surface area (Å²) in [5, 5.41) is 2.74. The van der Waals surface area contributed by atoms with Crippen LogP contribution in [0.1, 0.15) is 18.1 Å². The molecule has 0 atom stereocenters. The predicted octanol–water partition coefficient (Wildman–Crippen LogP) is 4.27. The number of esters is 1. The monoisotopic (exact) mass is 488 g/mol. The van der Waals surface area contributed by atoms with Crippen molar-refractivity contribution in [1.82, 2.24) is 4.90 Å². The Kier molecular flexibility index (Phi) is 8.13. The Morgan fingerprint density at radius 1 is 1.15 bits per heavy atom. The highest BCUT2D eigenvalue weighted by molar-refractivity contribution is 8.18. The maximum Gasteiger partial charge on any atom is 0.326 e. The van der Waals surface area contributed by atoms with Crippen LogP contribution in [0.3, 0.4) is 0 Å². The molecule has 1 N–H and O–H groups in total. The zero-order valence-corrected chi connectivity index (χ0v) is 19.5. The second kappa shape index (κ2) is 11.0. The topological polar surface area (TPSA) is 102 Å². The van der Waals surface area contributed by atoms with E-state index >= 15 is 0 Å². The van der Waals surface area contributed by atoms with Gasteiger partial charge in [-0.2, -0.15) is 0 Å². The van der Waals surface area contributed by atoms with Gasteiger partial charge in [0.2, 0.25) is 0 Å². The van der Waals surface area contributed by atoms with Crippen molar-refractivity contribution in [3.8, 4) is 5.75 Å². The van der Waals surface area contributed by atoms with Crippen molar-refractivity contribution in [2.45, 2.75) is 13.8 Å². The Labute approximate surface area is 199 Å². The molecule has 2 aromatic rings. The van der Waals surface area contributed by atoms with Gasteiger partial charge in [0.05, 0.1) is 11.5 Å². The lowest BCUT2D eigenvalue weighted by Crippen LogP contribution is -2.34. The SMILES string of the molecule is CCOC(=O)CN1C(=O)S/C(=C\c2ccc(OCC(=O)Nc3ccc(C)c(Cl)c3)cc2)C1=O. The van der Waals surface area contributed by atoms with Crippen molar-refractivity contribution in [2.75, 3.05) is 25.1 Å². The predicted molar refractivity (Wildman–Crippen MR) is 126 cm³/mol. The van der Waals surface area contributed by atoms with Crippen molar-refractivity contribution < 1.29 is 28.7 Å². The van der Waals surface area contributed by atoms with Crippen LogP contribution in [0.25, 0.3) is 6.08 Å². The summed E-state index contributed by atoms with van der Waals surface area (Å²) >= 11 is 6.81. The number of thioether (sulfide) groups is 1. The van der Waals surface area contributed by atoms with E-state index < -0.39 is 23.7 Å². The molecule has 0 spiro atoms. The molecule has 8 nitrogen and oxygen atoms in total. The van der Waals surface area contributed by atoms with Gasteiger partial charge in [0.1, 0.15) is 12.3 Å². The zero-order valence-electron chi connectivity index (χ0n) is 17.9. The Hall–Kier alpha value is -3.30. The minimum atomic E-state index is -0.642. The summed E-state index contributed by atoms with van der Waals surface area (Å²) in [7, 11) is 0. The Morgan fingerprint density at radius 3 is 2.55 bits per heavy atom. The quantitative estimate of drug-likeness (QED) is 0.437. The van der Waals surface area contributed by atoms with Gasteiger partial charge in [-0.15, -0.1) is 0 Å². The number of halogens is 1. The molecule has 0 unspecified atom stereocenters. The third-order valence-electron chi connectivity index (χ3n) is 4.47. The first-order valence-electron chi connectivity index (χ1n) is 9.96. The van der Waals surface area contributed by atoms with Crippen LogP contribution in [-0.4, -0.2) is 47.7 Å². The smallest absolute Gasteiger partial charge is 0.326 e. The van der Waals surface area contributed by atoms with Crippen LogP contribution in [-0.2, 0) is 19.1 Å². The molecule has 1 heterocycles. The van der Waals surface area contributed by atoms with E-state index in [1.54, 1.807) is 49.4 Å². The van der Waals surface area contributed by atoms with E-state index in [0.29, 0.717) is 22.0 Å². The molecule has 33 heavy (non-hydrogen) atoms. The van der Waals surface area contributed by atoms with Crippen molar-refractivity contribution in [1.29, 1.82) is 0 Å². The van der Waals surface area contributed by atoms with Crippen LogP contribution in [0.5, 0.6) is 5.75 Å². The van der Waals surface area contributed by atoms with Gasteiger partial charge in [0.25, 0.3) is 17.1 Å². The number of carbonyl (C=O) groups excluding carboxylic acids is 4. The normalized spacial score (nSPS) is 14.5. The molecule has 1 aliphatic rings. The maximum absolute atomic E-state index is 12.4. The van der Waals surface area contributed by atoms with Crippen LogP contribution in [0, 0.1) is 6.92 Å². The molecule has 0 aromatic heterocycles. The fourth-order valence-corrected chi connectivity index (χ4v) is 3.82. The first kappa shape index (κ1) is 24.3. The molecule has 1 saturated heterocycles. The molecule has 3 rings (SSSR count). The molecule has 0 bridgehead atoms. The van der Waals surface area contributed by atoms with Crippen molar-refractivity contribution in [3.05, 3.63) is 63.5 Å². The number of hydrogen-bond acceptors (Lipinski definition) is 7. The van der Waals surface area contributed by atoms with E-state index in [1.807, 2.05) is 13.0 Å². The molecule has 0 saturated carbocycles. The van der Waals surface area contributed by atoms with Crippen LogP contribution < -0.4 is 10.1 Å². The van der Waals surface area contributed by atoms with Gasteiger partial charge in [0.15, 0.2) is 6.61 Å². The second-order valence-corrected chi connectivity index (χ2v) is 8.34. The minimum absolute atomic E-state index is 0.168. The fraction of sp³-hybridized carbons (Fsp3) is 0.217. The molecule has 0 aliphatic carbocycles. The Morgan fingerprint density at radius 2 is 1.88 bits per heavy atom. The van der Waals surface area contributed by atoms with Crippen LogP contribution >= 0.6 is 23.4 Å². The zero-order chi connectivity index (χ0) is 24.0. The molecule has 1 aliphatic heterocycles. The van der Waals surface area contributed by atoms with E-state index in [-0.39, 0.29) is 24.0 Å². The largest absolute Gasteiger partial charge is 0.484 e. The molecule has 3 amide bonds. The highest BCUT2D eigenvalue weighted by Crippen LogP contribution is 2.32. The summed E-state index contributed by atoms with van der Waals surface area (Å²) in [4.78, 5) is 49.2. The van der Waals surface area contributed by atoms with Gasteiger partial charge >= 0.3 is 5.97 Å². The van der Waals surface area contributed by atoms with E-state index in [9.17, 15) is 19.2 Å². The van der Waals surface area contributed by atoms with Gasteiger partial charge in [-0.05, 0) is 67.1 Å². The number of anilines is 1. The molecule has 1 fully saturated rings. The van der Waals surface area contributed by atoms with E-state index in [2.05, 4.69) is 5.32 Å². The Balaban J connectivity index is 1.55. The summed E-state index contributed by atoms with van der Waals surface area (Å²) in [5.41, 5.74) is 2.14. The van der Waals surface area contributed by atoms with E-state index in [0.717, 1.165) is 22.2 Å². The highest BCUT2D eigenvalue weighted by atomic mass is 35.5. The fourth-order valence-electron chi connectivity index (χ4n) is 2.80. The summed E-state index contributed by atoms with van der Waals surface area (Å²) in [6.45, 7) is 3.07. The maximum atomic E-state index is 12.4. The number of rotatable bonds is 8. The third kappa shape index (κ3) is 6.59. The summed E-state index contributed by atoms with van der Waals surface area (Å²) in [6.07, 6.45) is 1.55. The minimum Gasteiger partial charge on any atom is -0.484 e. The van der Waals surface area contributed by atoms with Crippen LogP contribution in [0.15, 0.2) is 47.4 Å². The molecular formula is C23H21ClN2O6S. The second-order valence-electron chi connectivity index (χ2n) is 6.94. The van der Waals surface area contributed by atoms with Crippen LogP contribution in [0.2, 0.25) is 5.02 Å². The van der Waals surface area contributed by atoms with E-state index in [4.69, 9.17) is 21.1 Å². The van der Waals surface area contributed by atoms with Crippen molar-refractivity contribution in [2.24, 2.45) is 0 Å². The van der Waals surface area contributed by atoms with Crippen molar-refractivity contribution >= 4 is 58.1 Å². The number of ether oxygens (including phenoxy) is 2. The molecular weight excluding hydrogens is 468 g/mol. The van der Waals surface area contributed by atoms with Crippen LogP contribution in [0.4, 0.5) is 10.5 Å². The summed E-state index contributed by atoms with van der Waals surface area (Å²) in [6, 6.07) is 11.9. The van der Waals surface area contributed by atoms with Crippen molar-refractivity contribution in [3.63, 3.8) is 0 Å². The van der Waals surface area contributed by atoms with Gasteiger partial charge < -0.3 is 14.8 Å². The summed E-state index contributed by atoms with van der Waals surface area (Å²) in [5.74, 6) is -1.07. The first-order valence-corrected chi connectivity index (χ1v) is 11.2. The summed E-state index contributed by atoms with van der Waals surface area (Å²) < 4.78 is 10.3. The average molecular weight is 489 g/mol. The number of carbonyl (C=O) groups is 4. The number of imide groups is 1. The number of nitrogens with one attached hydrogen (secondary N) is 1. The highest BCUT2D eigenvalue weighted by Gasteiger charge is 2.36. The average Bonchev–Trinajstić information content (AvgIpc) is 3.03. The lowest BCUT2D eigenvalue weighted by atomic mass is 10.2. The number of hydrogen-bond donors (Lipinski definition) is 1. The number of aryl methyl sites for hydroxylation is 1. The first-order chi connectivity index (χ1) is 15.8. The lowest BCUT2D eigenvalue weighted by Gasteiger charge is -2.10. The van der Waals surface area contributed by atoms with E-state index in [1.165, 1.54) is 0 Å². The number of benzene rings is 2. The lowest BCUT2D eigenvalue weighted by molar-refractivity contribution is -0.146. The number of amides is 3. The Bertz CT molecular complexity index is 1120. The molecule has 0 radical (unpaired) electrons. The van der Waals surface area contributed by atoms with Gasteiger partial charge in [-0.1, -0.05) is 29.8 Å². The molecule has 172 valence electrons. The third-order valence-corrected chi connectivity index (χ3v) is 5.78. The van der Waals surface area contributed by atoms with Gasteiger partial charge in [-0.25, -0.2) is 0 Å². The standard InChI is InChI=1S/C23H21ClN2O6S/c1-3-31-21(28)12-26-22(29)19(33-23(26)30)10-15-5-8-17(9-6-15)32-13-20(27)25-16-7-4-14(2)18(24)11-16/h4-11H,3,12-13H2,1-2H3,(H,25,27)/b19-10-. The van der Waals surface area contributed by atoms with Gasteiger partial charge in [-0.3, -0.25) is 24.1 Å². The van der Waals surface area contributed by atoms with Gasteiger partial charge in [0, 0.05) is 10.7 Å².